The van der Waals surface area contributed by atoms with Gasteiger partial charge in [-0.1, -0.05) is 23.7 Å². The first-order valence-electron chi connectivity index (χ1n) is 6.66. The fraction of sp³-hybridized carbons (Fsp3) is 0.312. The van der Waals surface area contributed by atoms with Crippen molar-refractivity contribution in [1.29, 1.82) is 0 Å². The highest BCUT2D eigenvalue weighted by Crippen LogP contribution is 2.27. The highest BCUT2D eigenvalue weighted by atomic mass is 35.5. The largest absolute Gasteiger partial charge is 0.492 e. The van der Waals surface area contributed by atoms with Crippen molar-refractivity contribution in [2.45, 2.75) is 19.9 Å². The van der Waals surface area contributed by atoms with Crippen molar-refractivity contribution in [2.24, 2.45) is 0 Å². The molecule has 20 heavy (non-hydrogen) atoms. The highest BCUT2D eigenvalue weighted by Gasteiger charge is 2.14. The molecule has 1 aromatic heterocycles. The number of benzene rings is 1. The smallest absolute Gasteiger partial charge is 0.137 e. The Morgan fingerprint density at radius 1 is 1.25 bits per heavy atom. The van der Waals surface area contributed by atoms with E-state index in [-0.39, 0.29) is 6.04 Å². The second-order valence-corrected chi connectivity index (χ2v) is 5.02. The Bertz CT molecular complexity index is 586. The van der Waals surface area contributed by atoms with Gasteiger partial charge < -0.3 is 10.1 Å². The van der Waals surface area contributed by atoms with Crippen molar-refractivity contribution in [3.05, 3.63) is 58.4 Å². The van der Waals surface area contributed by atoms with Crippen LogP contribution in [0.25, 0.3) is 0 Å². The molecule has 0 saturated carbocycles. The molecule has 1 atom stereocenters. The summed E-state index contributed by atoms with van der Waals surface area (Å²) in [6, 6.07) is 8.14. The molecule has 1 heterocycles. The summed E-state index contributed by atoms with van der Waals surface area (Å²) in [6.45, 7) is 4.60. The number of ether oxygens (including phenoxy) is 1. The van der Waals surface area contributed by atoms with Crippen molar-refractivity contribution >= 4 is 11.6 Å². The molecule has 0 amide bonds. The van der Waals surface area contributed by atoms with Crippen LogP contribution in [-0.4, -0.2) is 18.6 Å². The zero-order chi connectivity index (χ0) is 14.5. The molecule has 4 heteroatoms. The summed E-state index contributed by atoms with van der Waals surface area (Å²) in [6.07, 6.45) is 3.58. The van der Waals surface area contributed by atoms with Crippen molar-refractivity contribution in [1.82, 2.24) is 10.3 Å². The minimum absolute atomic E-state index is 0.0684. The van der Waals surface area contributed by atoms with Gasteiger partial charge >= 0.3 is 0 Å². The van der Waals surface area contributed by atoms with Crippen LogP contribution in [0.15, 0.2) is 36.7 Å². The molecule has 0 aliphatic carbocycles. The number of hydrogen-bond acceptors (Lipinski definition) is 3. The lowest BCUT2D eigenvalue weighted by Gasteiger charge is -2.18. The van der Waals surface area contributed by atoms with Gasteiger partial charge in [-0.25, -0.2) is 0 Å². The van der Waals surface area contributed by atoms with Gasteiger partial charge in [0.05, 0.1) is 18.8 Å². The maximum atomic E-state index is 6.09. The molecule has 0 spiro atoms. The van der Waals surface area contributed by atoms with Crippen molar-refractivity contribution in [3.63, 3.8) is 0 Å². The van der Waals surface area contributed by atoms with Crippen molar-refractivity contribution in [3.8, 4) is 5.75 Å². The number of pyridine rings is 1. The van der Waals surface area contributed by atoms with Gasteiger partial charge in [-0.05, 0) is 49.7 Å². The Labute approximate surface area is 124 Å². The number of aromatic nitrogens is 1. The van der Waals surface area contributed by atoms with Gasteiger partial charge in [-0.2, -0.15) is 0 Å². The summed E-state index contributed by atoms with van der Waals surface area (Å²) < 4.78 is 5.51. The number of nitrogens with zero attached hydrogens (tertiary/aromatic N) is 1. The van der Waals surface area contributed by atoms with Crippen LogP contribution in [-0.2, 0) is 0 Å². The molecule has 0 saturated heterocycles. The van der Waals surface area contributed by atoms with Gasteiger partial charge in [0, 0.05) is 11.2 Å². The van der Waals surface area contributed by atoms with E-state index in [4.69, 9.17) is 16.3 Å². The van der Waals surface area contributed by atoms with Crippen LogP contribution in [0.1, 0.15) is 29.7 Å². The fourth-order valence-electron chi connectivity index (χ4n) is 2.21. The number of rotatable bonds is 5. The van der Waals surface area contributed by atoms with E-state index in [9.17, 15) is 0 Å². The Kier molecular flexibility index (Phi) is 4.99. The summed E-state index contributed by atoms with van der Waals surface area (Å²) >= 11 is 6.09. The molecule has 1 N–H and O–H groups in total. The minimum Gasteiger partial charge on any atom is -0.492 e. The van der Waals surface area contributed by atoms with E-state index in [0.29, 0.717) is 6.61 Å². The fourth-order valence-corrected chi connectivity index (χ4v) is 2.33. The van der Waals surface area contributed by atoms with Crippen LogP contribution in [0.5, 0.6) is 5.75 Å². The Morgan fingerprint density at radius 3 is 2.70 bits per heavy atom. The average molecular weight is 291 g/mol. The predicted molar refractivity (Wildman–Crippen MR) is 82.5 cm³/mol. The third-order valence-corrected chi connectivity index (χ3v) is 3.61. The van der Waals surface area contributed by atoms with E-state index in [1.54, 1.807) is 6.20 Å². The third kappa shape index (κ3) is 3.30. The lowest BCUT2D eigenvalue weighted by Crippen LogP contribution is -2.18. The van der Waals surface area contributed by atoms with E-state index in [1.165, 1.54) is 0 Å². The molecule has 2 rings (SSSR count). The monoisotopic (exact) mass is 290 g/mol. The van der Waals surface area contributed by atoms with Crippen LogP contribution in [0.3, 0.4) is 0 Å². The van der Waals surface area contributed by atoms with E-state index in [1.807, 2.05) is 45.3 Å². The van der Waals surface area contributed by atoms with Gasteiger partial charge in [-0.15, -0.1) is 0 Å². The molecule has 3 nitrogen and oxygen atoms in total. The maximum absolute atomic E-state index is 6.09. The lowest BCUT2D eigenvalue weighted by atomic mass is 9.98. The first kappa shape index (κ1) is 14.8. The first-order chi connectivity index (χ1) is 9.65. The topological polar surface area (TPSA) is 34.1 Å². The van der Waals surface area contributed by atoms with E-state index in [2.05, 4.69) is 16.4 Å². The molecule has 106 valence electrons. The normalized spacial score (nSPS) is 12.2. The molecule has 2 aromatic rings. The van der Waals surface area contributed by atoms with Gasteiger partial charge in [-0.3, -0.25) is 4.98 Å². The van der Waals surface area contributed by atoms with E-state index < -0.39 is 0 Å². The van der Waals surface area contributed by atoms with Crippen LogP contribution in [0.2, 0.25) is 5.02 Å². The van der Waals surface area contributed by atoms with Gasteiger partial charge in [0.1, 0.15) is 5.75 Å². The molecular weight excluding hydrogens is 272 g/mol. The third-order valence-electron chi connectivity index (χ3n) is 3.18. The highest BCUT2D eigenvalue weighted by molar-refractivity contribution is 6.31. The molecule has 0 fully saturated rings. The van der Waals surface area contributed by atoms with Gasteiger partial charge in [0.25, 0.3) is 0 Å². The quantitative estimate of drug-likeness (QED) is 0.910. The van der Waals surface area contributed by atoms with Crippen molar-refractivity contribution < 1.29 is 4.74 Å². The molecular formula is C16H19ClN2O. The first-order valence-corrected chi connectivity index (χ1v) is 7.04. The number of nitrogens with one attached hydrogen (secondary N) is 1. The summed E-state index contributed by atoms with van der Waals surface area (Å²) in [5.74, 6) is 0.788. The Balaban J connectivity index is 2.36. The SMILES string of the molecule is CCOc1cncc(C(NC)c2ccc(Cl)c(C)c2)c1. The number of halogens is 1. The second-order valence-electron chi connectivity index (χ2n) is 4.62. The molecule has 0 aliphatic rings. The number of aryl methyl sites for hydroxylation is 1. The van der Waals surface area contributed by atoms with Crippen LogP contribution in [0.4, 0.5) is 0 Å². The molecule has 1 unspecified atom stereocenters. The second kappa shape index (κ2) is 6.73. The van der Waals surface area contributed by atoms with Gasteiger partial charge in [0.15, 0.2) is 0 Å². The lowest BCUT2D eigenvalue weighted by molar-refractivity contribution is 0.338. The van der Waals surface area contributed by atoms with Gasteiger partial charge in [0.2, 0.25) is 0 Å². The van der Waals surface area contributed by atoms with Crippen LogP contribution in [0, 0.1) is 6.92 Å². The van der Waals surface area contributed by atoms with E-state index in [0.717, 1.165) is 27.5 Å². The zero-order valence-electron chi connectivity index (χ0n) is 12.0. The summed E-state index contributed by atoms with van der Waals surface area (Å²) in [4.78, 5) is 4.25. The Hall–Kier alpha value is -1.58. The standard InChI is InChI=1S/C16H19ClN2O/c1-4-20-14-8-13(9-19-10-14)16(18-3)12-5-6-15(17)11(2)7-12/h5-10,16,18H,4H2,1-3H3. The number of hydrogen-bond donors (Lipinski definition) is 1. The zero-order valence-corrected chi connectivity index (χ0v) is 12.7. The molecule has 0 aliphatic heterocycles. The molecule has 0 bridgehead atoms. The summed E-state index contributed by atoms with van der Waals surface area (Å²) in [7, 11) is 1.93. The molecule has 0 radical (unpaired) electrons. The minimum atomic E-state index is 0.0684. The summed E-state index contributed by atoms with van der Waals surface area (Å²) in [5, 5.41) is 4.09. The van der Waals surface area contributed by atoms with Crippen LogP contribution < -0.4 is 10.1 Å². The molecule has 1 aromatic carbocycles. The van der Waals surface area contributed by atoms with Crippen LogP contribution >= 0.6 is 11.6 Å². The summed E-state index contributed by atoms with van der Waals surface area (Å²) in [5.41, 5.74) is 3.29. The maximum Gasteiger partial charge on any atom is 0.137 e. The van der Waals surface area contributed by atoms with E-state index >= 15 is 0 Å². The average Bonchev–Trinajstić information content (AvgIpc) is 2.44. The van der Waals surface area contributed by atoms with Crippen molar-refractivity contribution in [2.75, 3.05) is 13.7 Å². The predicted octanol–water partition coefficient (Wildman–Crippen LogP) is 3.75. The Morgan fingerprint density at radius 2 is 2.05 bits per heavy atom.